The van der Waals surface area contributed by atoms with Gasteiger partial charge < -0.3 is 4.74 Å². The lowest BCUT2D eigenvalue weighted by molar-refractivity contribution is -0.139. The number of ether oxygens (including phenoxy) is 1. The van der Waals surface area contributed by atoms with Crippen LogP contribution in [0.25, 0.3) is 0 Å². The Hall–Kier alpha value is -0.310. The highest BCUT2D eigenvalue weighted by Crippen LogP contribution is 2.17. The molecule has 0 rings (SSSR count). The Kier molecular flexibility index (Phi) is 10.4. The van der Waals surface area contributed by atoms with Crippen LogP contribution < -0.4 is 0 Å². The maximum atomic E-state index is 11.4. The Labute approximate surface area is 120 Å². The number of hydrogen-bond acceptors (Lipinski definition) is 2. The van der Waals surface area contributed by atoms with Crippen LogP contribution in [0.15, 0.2) is 12.3 Å². The molecule has 106 valence electrons. The third-order valence-electron chi connectivity index (χ3n) is 2.73. The molecule has 0 atom stereocenters. The second kappa shape index (κ2) is 10.6. The molecule has 0 heterocycles. The monoisotopic (exact) mass is 318 g/mol. The largest absolute Gasteiger partial charge is 0.434 e. The second-order valence-corrected chi connectivity index (χ2v) is 7.14. The van der Waals surface area contributed by atoms with Crippen LogP contribution in [0.5, 0.6) is 0 Å². The summed E-state index contributed by atoms with van der Waals surface area (Å²) < 4.78 is 4.40. The van der Waals surface area contributed by atoms with Crippen LogP contribution in [0.1, 0.15) is 72.1 Å². The molecule has 0 aliphatic heterocycles. The second-order valence-electron chi connectivity index (χ2n) is 5.16. The fourth-order valence-electron chi connectivity index (χ4n) is 1.54. The summed E-state index contributed by atoms with van der Waals surface area (Å²) in [6, 6.07) is 0. The third kappa shape index (κ3) is 10.8. The van der Waals surface area contributed by atoms with Gasteiger partial charge in [-0.15, -0.1) is 0 Å². The molecular weight excluding hydrogens is 292 g/mol. The lowest BCUT2D eigenvalue weighted by Crippen LogP contribution is -2.24. The van der Waals surface area contributed by atoms with Crippen molar-refractivity contribution in [2.75, 3.05) is 0 Å². The van der Waals surface area contributed by atoms with Crippen molar-refractivity contribution in [1.29, 1.82) is 0 Å². The van der Waals surface area contributed by atoms with Crippen LogP contribution in [-0.4, -0.2) is 10.3 Å². The molecule has 0 fully saturated rings. The van der Waals surface area contributed by atoms with Crippen molar-refractivity contribution in [3.63, 3.8) is 0 Å². The summed E-state index contributed by atoms with van der Waals surface area (Å²) in [4.78, 5) is 11.4. The first-order valence-electron chi connectivity index (χ1n) is 7.03. The maximum absolute atomic E-state index is 11.4. The molecule has 0 spiro atoms. The lowest BCUT2D eigenvalue weighted by atomic mass is 10.1. The Morgan fingerprint density at radius 3 is 2.22 bits per heavy atom. The van der Waals surface area contributed by atoms with Gasteiger partial charge in [0.25, 0.3) is 0 Å². The normalized spacial score (nSPS) is 12.0. The molecule has 0 N–H and O–H groups in total. The van der Waals surface area contributed by atoms with Gasteiger partial charge in [-0.25, -0.2) is 0 Å². The summed E-state index contributed by atoms with van der Waals surface area (Å²) in [6.07, 6.45) is 13.6. The highest BCUT2D eigenvalue weighted by molar-refractivity contribution is 9.10. The number of esters is 1. The molecule has 0 aromatic heterocycles. The molecule has 0 aromatic carbocycles. The summed E-state index contributed by atoms with van der Waals surface area (Å²) in [6.45, 7) is 5.79. The number of unbranched alkanes of at least 4 members (excludes halogenated alkanes) is 7. The first-order chi connectivity index (χ1) is 8.48. The van der Waals surface area contributed by atoms with E-state index in [1.807, 2.05) is 6.08 Å². The maximum Gasteiger partial charge on any atom is 0.327 e. The Bertz CT molecular complexity index is 241. The molecular formula is C15H27BrO2. The summed E-state index contributed by atoms with van der Waals surface area (Å²) >= 11 is 3.26. The highest BCUT2D eigenvalue weighted by atomic mass is 79.9. The molecule has 0 aliphatic rings. The minimum Gasteiger partial charge on any atom is -0.434 e. The molecule has 0 amide bonds. The van der Waals surface area contributed by atoms with Gasteiger partial charge in [0.05, 0.1) is 6.26 Å². The van der Waals surface area contributed by atoms with Crippen LogP contribution in [0.4, 0.5) is 0 Å². The minimum absolute atomic E-state index is 0.252. The van der Waals surface area contributed by atoms with Gasteiger partial charge >= 0.3 is 5.97 Å². The van der Waals surface area contributed by atoms with E-state index in [0.29, 0.717) is 0 Å². The highest BCUT2D eigenvalue weighted by Gasteiger charge is 2.24. The van der Waals surface area contributed by atoms with Gasteiger partial charge in [-0.3, -0.25) is 4.79 Å². The van der Waals surface area contributed by atoms with Crippen molar-refractivity contribution in [2.24, 2.45) is 0 Å². The van der Waals surface area contributed by atoms with Gasteiger partial charge in [-0.2, -0.15) is 0 Å². The van der Waals surface area contributed by atoms with Gasteiger partial charge in [0.1, 0.15) is 4.32 Å². The van der Waals surface area contributed by atoms with Crippen LogP contribution >= 0.6 is 15.9 Å². The smallest absolute Gasteiger partial charge is 0.327 e. The van der Waals surface area contributed by atoms with Crippen molar-refractivity contribution in [3.8, 4) is 0 Å². The van der Waals surface area contributed by atoms with Crippen molar-refractivity contribution in [2.45, 2.75) is 76.5 Å². The zero-order valence-electron chi connectivity index (χ0n) is 12.0. The number of alkyl halides is 1. The molecule has 0 saturated heterocycles. The molecule has 0 saturated carbocycles. The van der Waals surface area contributed by atoms with Gasteiger partial charge in [0, 0.05) is 0 Å². The molecule has 0 unspecified atom stereocenters. The minimum atomic E-state index is -0.601. The quantitative estimate of drug-likeness (QED) is 0.234. The number of allylic oxidation sites excluding steroid dienone is 1. The van der Waals surface area contributed by atoms with E-state index >= 15 is 0 Å². The Balaban J connectivity index is 3.36. The number of rotatable bonds is 10. The summed E-state index contributed by atoms with van der Waals surface area (Å²) in [7, 11) is 0. The van der Waals surface area contributed by atoms with Crippen molar-refractivity contribution in [3.05, 3.63) is 12.3 Å². The first-order valence-corrected chi connectivity index (χ1v) is 7.82. The average molecular weight is 319 g/mol. The molecule has 0 aliphatic carbocycles. The van der Waals surface area contributed by atoms with Crippen molar-refractivity contribution < 1.29 is 9.53 Å². The van der Waals surface area contributed by atoms with E-state index in [4.69, 9.17) is 4.74 Å². The number of carbonyl (C=O) groups is 1. The van der Waals surface area contributed by atoms with E-state index in [0.717, 1.165) is 6.42 Å². The summed E-state index contributed by atoms with van der Waals surface area (Å²) in [5.74, 6) is -0.252. The van der Waals surface area contributed by atoms with E-state index in [1.165, 1.54) is 51.2 Å². The molecule has 2 nitrogen and oxygen atoms in total. The van der Waals surface area contributed by atoms with Gasteiger partial charge in [-0.1, -0.05) is 61.4 Å². The summed E-state index contributed by atoms with van der Waals surface area (Å²) in [5.41, 5.74) is 0. The zero-order chi connectivity index (χ0) is 13.9. The Morgan fingerprint density at radius 2 is 1.67 bits per heavy atom. The molecule has 0 radical (unpaired) electrons. The average Bonchev–Trinajstić information content (AvgIpc) is 2.30. The SMILES string of the molecule is CCCCCCCCC/C=C/OC(=O)C(C)(C)Br. The molecule has 18 heavy (non-hydrogen) atoms. The number of hydrogen-bond donors (Lipinski definition) is 0. The van der Waals surface area contributed by atoms with E-state index in [9.17, 15) is 4.79 Å². The predicted molar refractivity (Wildman–Crippen MR) is 80.8 cm³/mol. The predicted octanol–water partition coefficient (Wildman–Crippen LogP) is 5.36. The van der Waals surface area contributed by atoms with Crippen molar-refractivity contribution in [1.82, 2.24) is 0 Å². The third-order valence-corrected chi connectivity index (χ3v) is 3.05. The van der Waals surface area contributed by atoms with Gasteiger partial charge in [-0.05, 0) is 32.8 Å². The fourth-order valence-corrected chi connectivity index (χ4v) is 1.63. The Morgan fingerprint density at radius 1 is 1.11 bits per heavy atom. The van der Waals surface area contributed by atoms with Crippen LogP contribution in [0.2, 0.25) is 0 Å². The van der Waals surface area contributed by atoms with E-state index in [-0.39, 0.29) is 5.97 Å². The molecule has 3 heteroatoms. The van der Waals surface area contributed by atoms with Crippen LogP contribution in [-0.2, 0) is 9.53 Å². The van der Waals surface area contributed by atoms with E-state index in [1.54, 1.807) is 13.8 Å². The van der Waals surface area contributed by atoms with Gasteiger partial charge in [0.2, 0.25) is 0 Å². The van der Waals surface area contributed by atoms with Crippen molar-refractivity contribution >= 4 is 21.9 Å². The number of halogens is 1. The van der Waals surface area contributed by atoms with Crippen LogP contribution in [0, 0.1) is 0 Å². The zero-order valence-corrected chi connectivity index (χ0v) is 13.6. The molecule has 0 aromatic rings. The molecule has 0 bridgehead atoms. The van der Waals surface area contributed by atoms with Gasteiger partial charge in [0.15, 0.2) is 0 Å². The summed E-state index contributed by atoms with van der Waals surface area (Å²) in [5, 5.41) is 0. The van der Waals surface area contributed by atoms with Crippen LogP contribution in [0.3, 0.4) is 0 Å². The number of carbonyl (C=O) groups excluding carboxylic acids is 1. The van der Waals surface area contributed by atoms with E-state index < -0.39 is 4.32 Å². The first kappa shape index (κ1) is 17.7. The lowest BCUT2D eigenvalue weighted by Gasteiger charge is -2.11. The van der Waals surface area contributed by atoms with E-state index in [2.05, 4.69) is 22.9 Å². The standard InChI is InChI=1S/C15H27BrO2/c1-4-5-6-7-8-9-10-11-12-13-18-14(17)15(2,3)16/h12-13H,4-11H2,1-3H3/b13-12+. The topological polar surface area (TPSA) is 26.3 Å². The fraction of sp³-hybridized carbons (Fsp3) is 0.800.